The quantitative estimate of drug-likeness (QED) is 0.331. The van der Waals surface area contributed by atoms with E-state index in [1.54, 1.807) is 7.11 Å². The predicted octanol–water partition coefficient (Wildman–Crippen LogP) is 3.48. The molecular weight excluding hydrogens is 462 g/mol. The van der Waals surface area contributed by atoms with Gasteiger partial charge in [-0.05, 0) is 41.5 Å². The molecule has 2 N–H and O–H groups in total. The van der Waals surface area contributed by atoms with Crippen LogP contribution in [-0.2, 0) is 27.9 Å². The summed E-state index contributed by atoms with van der Waals surface area (Å²) >= 11 is 0. The van der Waals surface area contributed by atoms with Crippen LogP contribution in [0.5, 0.6) is 5.75 Å². The third-order valence-electron chi connectivity index (χ3n) is 4.92. The summed E-state index contributed by atoms with van der Waals surface area (Å²) in [4.78, 5) is 22.8. The zero-order valence-electron chi connectivity index (χ0n) is 18.5. The smallest absolute Gasteiger partial charge is 0.271 e. The molecule has 0 heterocycles. The second-order valence-corrected chi connectivity index (χ2v) is 8.84. The number of carbonyl (C=O) groups is 1. The Kier molecular flexibility index (Phi) is 7.82. The Balaban J connectivity index is 1.73. The van der Waals surface area contributed by atoms with Gasteiger partial charge in [-0.15, -0.1) is 0 Å². The third-order valence-corrected chi connectivity index (χ3v) is 6.30. The maximum atomic E-state index is 12.8. The first-order valence-electron chi connectivity index (χ1n) is 10.0. The zero-order valence-corrected chi connectivity index (χ0v) is 19.3. The van der Waals surface area contributed by atoms with Gasteiger partial charge in [0, 0.05) is 31.4 Å². The highest BCUT2D eigenvalue weighted by Crippen LogP contribution is 2.30. The molecule has 0 aliphatic rings. The number of nitrogens with zero attached hydrogens (tertiary/aromatic N) is 1. The average molecular weight is 486 g/mol. The van der Waals surface area contributed by atoms with Crippen LogP contribution in [0.15, 0.2) is 71.6 Å². The number of nitro groups is 1. The van der Waals surface area contributed by atoms with Crippen molar-refractivity contribution in [3.05, 3.63) is 93.5 Å². The van der Waals surface area contributed by atoms with Crippen LogP contribution in [0.4, 0.5) is 11.4 Å². The van der Waals surface area contributed by atoms with Gasteiger partial charge in [0.1, 0.15) is 5.75 Å². The van der Waals surface area contributed by atoms with E-state index in [0.717, 1.165) is 17.2 Å². The lowest BCUT2D eigenvalue weighted by Crippen LogP contribution is -2.23. The fourth-order valence-electron chi connectivity index (χ4n) is 3.18. The van der Waals surface area contributed by atoms with Crippen molar-refractivity contribution in [2.24, 2.45) is 0 Å². The Labute approximate surface area is 196 Å². The normalized spacial score (nSPS) is 11.0. The molecule has 0 radical (unpaired) electrons. The Morgan fingerprint density at radius 1 is 1.00 bits per heavy atom. The Hall–Kier alpha value is -3.96. The van der Waals surface area contributed by atoms with E-state index in [4.69, 9.17) is 9.47 Å². The van der Waals surface area contributed by atoms with Gasteiger partial charge in [-0.2, -0.15) is 0 Å². The zero-order chi connectivity index (χ0) is 24.7. The number of ether oxygens (including phenoxy) is 2. The van der Waals surface area contributed by atoms with Gasteiger partial charge in [-0.1, -0.05) is 24.3 Å². The molecule has 34 heavy (non-hydrogen) atoms. The number of methoxy groups -OCH3 is 2. The molecule has 3 aromatic rings. The van der Waals surface area contributed by atoms with E-state index in [1.165, 1.54) is 43.5 Å². The molecule has 0 aromatic heterocycles. The maximum absolute atomic E-state index is 12.8. The van der Waals surface area contributed by atoms with Crippen LogP contribution in [0.25, 0.3) is 0 Å². The van der Waals surface area contributed by atoms with Crippen molar-refractivity contribution < 1.29 is 27.6 Å². The van der Waals surface area contributed by atoms with Gasteiger partial charge in [0.05, 0.1) is 29.2 Å². The van der Waals surface area contributed by atoms with Crippen molar-refractivity contribution in [3.8, 4) is 5.75 Å². The molecule has 1 amide bonds. The molecule has 0 bridgehead atoms. The highest BCUT2D eigenvalue weighted by Gasteiger charge is 2.20. The highest BCUT2D eigenvalue weighted by atomic mass is 32.2. The summed E-state index contributed by atoms with van der Waals surface area (Å²) in [5.74, 6) is -0.247. The van der Waals surface area contributed by atoms with Crippen LogP contribution in [-0.4, -0.2) is 33.5 Å². The van der Waals surface area contributed by atoms with Crippen molar-refractivity contribution in [2.45, 2.75) is 18.0 Å². The van der Waals surface area contributed by atoms with Crippen molar-refractivity contribution in [2.75, 3.05) is 18.9 Å². The van der Waals surface area contributed by atoms with Crippen molar-refractivity contribution in [1.29, 1.82) is 0 Å². The third kappa shape index (κ3) is 5.88. The van der Waals surface area contributed by atoms with Crippen LogP contribution < -0.4 is 14.8 Å². The van der Waals surface area contributed by atoms with E-state index >= 15 is 0 Å². The summed E-state index contributed by atoms with van der Waals surface area (Å²) in [7, 11) is -1.18. The number of rotatable bonds is 10. The standard InChI is InChI=1S/C23H23N3O7S/c1-32-15-18-6-4-3-5-17(18)14-24-23(27)16-7-10-20(11-8-16)34(30,31)25-21-13-19(26(28)29)9-12-22(21)33-2/h3-13,25H,14-15H2,1-2H3,(H,24,27). The highest BCUT2D eigenvalue weighted by molar-refractivity contribution is 7.92. The van der Waals surface area contributed by atoms with Crippen molar-refractivity contribution in [3.63, 3.8) is 0 Å². The van der Waals surface area contributed by atoms with E-state index in [-0.39, 0.29) is 40.0 Å². The van der Waals surface area contributed by atoms with Gasteiger partial charge in [0.15, 0.2) is 0 Å². The number of nitrogens with one attached hydrogen (secondary N) is 2. The monoisotopic (exact) mass is 485 g/mol. The molecule has 3 rings (SSSR count). The lowest BCUT2D eigenvalue weighted by molar-refractivity contribution is -0.384. The number of carbonyl (C=O) groups excluding carboxylic acids is 1. The number of hydrogen-bond donors (Lipinski definition) is 2. The molecule has 0 saturated carbocycles. The van der Waals surface area contributed by atoms with Gasteiger partial charge in [-0.25, -0.2) is 8.42 Å². The van der Waals surface area contributed by atoms with Crippen LogP contribution in [0.2, 0.25) is 0 Å². The minimum atomic E-state index is -4.10. The summed E-state index contributed by atoms with van der Waals surface area (Å²) in [6.45, 7) is 0.702. The number of benzene rings is 3. The van der Waals surface area contributed by atoms with E-state index in [9.17, 15) is 23.3 Å². The molecule has 0 atom stereocenters. The number of nitro benzene ring substituents is 1. The Bertz CT molecular complexity index is 1290. The minimum Gasteiger partial charge on any atom is -0.495 e. The topological polar surface area (TPSA) is 137 Å². The number of non-ortho nitro benzene ring substituents is 1. The fraction of sp³-hybridized carbons (Fsp3) is 0.174. The molecule has 0 saturated heterocycles. The largest absolute Gasteiger partial charge is 0.495 e. The SMILES string of the molecule is COCc1ccccc1CNC(=O)c1ccc(S(=O)(=O)Nc2cc([N+](=O)[O-])ccc2OC)cc1. The van der Waals surface area contributed by atoms with Gasteiger partial charge in [0.2, 0.25) is 0 Å². The Morgan fingerprint density at radius 3 is 2.29 bits per heavy atom. The molecule has 0 fully saturated rings. The summed E-state index contributed by atoms with van der Waals surface area (Å²) < 4.78 is 38.1. The number of anilines is 1. The molecule has 0 unspecified atom stereocenters. The molecule has 11 heteroatoms. The van der Waals surface area contributed by atoms with Crippen molar-refractivity contribution in [1.82, 2.24) is 5.32 Å². The first-order chi connectivity index (χ1) is 16.2. The second kappa shape index (κ2) is 10.8. The first-order valence-corrected chi connectivity index (χ1v) is 11.5. The molecule has 0 aliphatic carbocycles. The second-order valence-electron chi connectivity index (χ2n) is 7.16. The molecular formula is C23H23N3O7S. The predicted molar refractivity (Wildman–Crippen MR) is 125 cm³/mol. The van der Waals surface area contributed by atoms with E-state index < -0.39 is 14.9 Å². The van der Waals surface area contributed by atoms with Crippen LogP contribution in [0, 0.1) is 10.1 Å². The maximum Gasteiger partial charge on any atom is 0.271 e. The summed E-state index contributed by atoms with van der Waals surface area (Å²) in [6.07, 6.45) is 0. The van der Waals surface area contributed by atoms with E-state index in [2.05, 4.69) is 10.0 Å². The van der Waals surface area contributed by atoms with Crippen LogP contribution >= 0.6 is 0 Å². The minimum absolute atomic E-state index is 0.0757. The number of hydrogen-bond acceptors (Lipinski definition) is 7. The van der Waals surface area contributed by atoms with E-state index in [0.29, 0.717) is 6.61 Å². The van der Waals surface area contributed by atoms with Crippen LogP contribution in [0.3, 0.4) is 0 Å². The van der Waals surface area contributed by atoms with E-state index in [1.807, 2.05) is 24.3 Å². The van der Waals surface area contributed by atoms with Gasteiger partial charge < -0.3 is 14.8 Å². The lowest BCUT2D eigenvalue weighted by Gasteiger charge is -2.12. The molecule has 0 spiro atoms. The molecule has 3 aromatic carbocycles. The van der Waals surface area contributed by atoms with Gasteiger partial charge in [0.25, 0.3) is 21.6 Å². The fourth-order valence-corrected chi connectivity index (χ4v) is 4.24. The number of amides is 1. The lowest BCUT2D eigenvalue weighted by atomic mass is 10.1. The van der Waals surface area contributed by atoms with Crippen molar-refractivity contribution >= 4 is 27.3 Å². The summed E-state index contributed by atoms with van der Waals surface area (Å²) in [6, 6.07) is 16.4. The first kappa shape index (κ1) is 24.7. The van der Waals surface area contributed by atoms with Gasteiger partial charge >= 0.3 is 0 Å². The summed E-state index contributed by atoms with van der Waals surface area (Å²) in [5.41, 5.74) is 1.77. The molecule has 10 nitrogen and oxygen atoms in total. The van der Waals surface area contributed by atoms with Gasteiger partial charge in [-0.3, -0.25) is 19.6 Å². The molecule has 0 aliphatic heterocycles. The summed E-state index contributed by atoms with van der Waals surface area (Å²) in [5, 5.41) is 13.8. The number of sulfonamides is 1. The van der Waals surface area contributed by atoms with Crippen LogP contribution in [0.1, 0.15) is 21.5 Å². The Morgan fingerprint density at radius 2 is 1.68 bits per heavy atom. The molecule has 178 valence electrons. The average Bonchev–Trinajstić information content (AvgIpc) is 2.83.